The number of ether oxygens (including phenoxy) is 1. The topological polar surface area (TPSA) is 87.1 Å². The van der Waals surface area contributed by atoms with Crippen LogP contribution >= 0.6 is 11.8 Å². The van der Waals surface area contributed by atoms with Crippen molar-refractivity contribution in [2.45, 2.75) is 87.2 Å². The molecule has 1 aliphatic rings. The Morgan fingerprint density at radius 3 is 2.02 bits per heavy atom. The summed E-state index contributed by atoms with van der Waals surface area (Å²) in [6.07, 6.45) is 6.52. The van der Waals surface area contributed by atoms with E-state index < -0.39 is 0 Å². The number of hydrogen-bond acceptors (Lipinski definition) is 6. The Labute approximate surface area is 247 Å². The number of allylic oxidation sites excluding steroid dienone is 1. The first-order valence-corrected chi connectivity index (χ1v) is 14.9. The third-order valence-corrected chi connectivity index (χ3v) is 7.55. The third-order valence-electron chi connectivity index (χ3n) is 6.29. The smallest absolute Gasteiger partial charge is 0.210 e. The molecule has 1 amide bonds. The second kappa shape index (κ2) is 24.2. The number of aliphatic hydroxyl groups is 2. The lowest BCUT2D eigenvalue weighted by Crippen LogP contribution is -2.35. The third kappa shape index (κ3) is 14.1. The fourth-order valence-electron chi connectivity index (χ4n) is 3.83. The lowest BCUT2D eigenvalue weighted by atomic mass is 9.99. The van der Waals surface area contributed by atoms with Crippen LogP contribution in [-0.4, -0.2) is 60.4 Å². The van der Waals surface area contributed by atoms with Crippen molar-refractivity contribution in [1.82, 2.24) is 4.90 Å². The van der Waals surface area contributed by atoms with Crippen LogP contribution in [0.1, 0.15) is 73.4 Å². The molecule has 0 saturated heterocycles. The largest absolute Gasteiger partial charge is 0.496 e. The maximum Gasteiger partial charge on any atom is 0.210 e. The van der Waals surface area contributed by atoms with Gasteiger partial charge >= 0.3 is 0 Å². The standard InChI is InChI=1S/C17H21NO2S.C11H16O.C2H6O.C2H6.CH4O/c1-14-5-7-15(8-6-14)12-18(13-20)16(9-10-19)17-4-2-3-11-21-17;1-7-6-11(12-5)10(4)9(3)8(7)2;1-2-3;2*1-2/h4-8,10,13,16H,2-3,9,11-12H2,1H3;6H,1-5H3;3H,2H2,1H3;1-2H3;2H,1H3. The fourth-order valence-corrected chi connectivity index (χ4v) is 5.03. The zero-order valence-electron chi connectivity index (χ0n) is 26.4. The van der Waals surface area contributed by atoms with Crippen molar-refractivity contribution in [3.05, 3.63) is 74.7 Å². The molecule has 1 atom stereocenters. The number of nitrogens with zero attached hydrogens (tertiary/aromatic N) is 1. The molecule has 40 heavy (non-hydrogen) atoms. The van der Waals surface area contributed by atoms with Gasteiger partial charge in [0.15, 0.2) is 0 Å². The molecule has 0 saturated carbocycles. The maximum absolute atomic E-state index is 11.5. The van der Waals surface area contributed by atoms with Crippen LogP contribution in [-0.2, 0) is 16.1 Å². The first kappa shape index (κ1) is 39.5. The number of aliphatic hydroxyl groups excluding tert-OH is 2. The highest BCUT2D eigenvalue weighted by atomic mass is 32.2. The average molecular weight is 576 g/mol. The minimum absolute atomic E-state index is 0.119. The van der Waals surface area contributed by atoms with Gasteiger partial charge in [0.1, 0.15) is 12.0 Å². The second-order valence-corrected chi connectivity index (χ2v) is 10.0. The van der Waals surface area contributed by atoms with E-state index in [-0.39, 0.29) is 12.6 Å². The molecule has 0 aliphatic carbocycles. The van der Waals surface area contributed by atoms with E-state index in [1.54, 1.807) is 30.7 Å². The number of aldehydes is 1. The molecule has 2 aromatic carbocycles. The molecule has 2 aromatic rings. The number of amides is 1. The Morgan fingerprint density at radius 2 is 1.57 bits per heavy atom. The second-order valence-electron chi connectivity index (χ2n) is 8.87. The van der Waals surface area contributed by atoms with Crippen molar-refractivity contribution in [3.63, 3.8) is 0 Å². The van der Waals surface area contributed by atoms with E-state index in [2.05, 4.69) is 39.8 Å². The van der Waals surface area contributed by atoms with Crippen molar-refractivity contribution >= 4 is 24.5 Å². The Hall–Kier alpha value is -2.61. The van der Waals surface area contributed by atoms with E-state index in [0.29, 0.717) is 13.0 Å². The number of carbonyl (C=O) groups excluding carboxylic acids is 2. The summed E-state index contributed by atoms with van der Waals surface area (Å²) in [7, 11) is 2.72. The van der Waals surface area contributed by atoms with Gasteiger partial charge in [0.25, 0.3) is 0 Å². The number of aryl methyl sites for hydroxylation is 2. The number of thioether (sulfide) groups is 1. The summed E-state index contributed by atoms with van der Waals surface area (Å²) >= 11 is 1.77. The van der Waals surface area contributed by atoms with Crippen LogP contribution in [0.15, 0.2) is 41.3 Å². The zero-order chi connectivity index (χ0) is 31.1. The van der Waals surface area contributed by atoms with Crippen molar-refractivity contribution < 1.29 is 24.5 Å². The van der Waals surface area contributed by atoms with Gasteiger partial charge in [-0.15, -0.1) is 11.8 Å². The molecule has 6 nitrogen and oxygen atoms in total. The molecular formula is C33H53NO5S. The Bertz CT molecular complexity index is 989. The van der Waals surface area contributed by atoms with E-state index in [4.69, 9.17) is 14.9 Å². The van der Waals surface area contributed by atoms with Gasteiger partial charge in [-0.1, -0.05) is 49.8 Å². The molecule has 0 fully saturated rings. The molecule has 1 unspecified atom stereocenters. The normalized spacial score (nSPS) is 12.2. The molecular weight excluding hydrogens is 522 g/mol. The SMILES string of the molecule is CC.CCO.CO.COc1cc(C)c(C)c(C)c1C.Cc1ccc(CN(C=O)C(CC=O)C2=CCCCS2)cc1. The van der Waals surface area contributed by atoms with Gasteiger partial charge in [-0.25, -0.2) is 0 Å². The molecule has 0 spiro atoms. The molecule has 1 heterocycles. The van der Waals surface area contributed by atoms with Crippen molar-refractivity contribution in [2.24, 2.45) is 0 Å². The van der Waals surface area contributed by atoms with Crippen molar-refractivity contribution in [3.8, 4) is 5.75 Å². The number of methoxy groups -OCH3 is 1. The summed E-state index contributed by atoms with van der Waals surface area (Å²) in [4.78, 5) is 25.4. The molecule has 0 aromatic heterocycles. The van der Waals surface area contributed by atoms with Gasteiger partial charge in [0.05, 0.1) is 13.2 Å². The molecule has 3 rings (SSSR count). The lowest BCUT2D eigenvalue weighted by molar-refractivity contribution is -0.120. The van der Waals surface area contributed by atoms with Gasteiger partial charge < -0.3 is 24.6 Å². The van der Waals surface area contributed by atoms with Gasteiger partial charge in [0.2, 0.25) is 6.41 Å². The Morgan fingerprint density at radius 1 is 1.00 bits per heavy atom. The highest BCUT2D eigenvalue weighted by Crippen LogP contribution is 2.31. The van der Waals surface area contributed by atoms with Crippen LogP contribution in [0.25, 0.3) is 0 Å². The summed E-state index contributed by atoms with van der Waals surface area (Å²) in [6.45, 7) is 17.0. The van der Waals surface area contributed by atoms with Crippen molar-refractivity contribution in [2.75, 3.05) is 26.6 Å². The first-order chi connectivity index (χ1) is 19.2. The predicted molar refractivity (Wildman–Crippen MR) is 171 cm³/mol. The number of benzene rings is 2. The van der Waals surface area contributed by atoms with Crippen LogP contribution in [0, 0.1) is 34.6 Å². The van der Waals surface area contributed by atoms with Gasteiger partial charge in [-0.3, -0.25) is 4.79 Å². The number of rotatable bonds is 8. The maximum atomic E-state index is 11.5. The zero-order valence-corrected chi connectivity index (χ0v) is 27.2. The van der Waals surface area contributed by atoms with Crippen LogP contribution in [0.4, 0.5) is 0 Å². The summed E-state index contributed by atoms with van der Waals surface area (Å²) in [5.41, 5.74) is 7.55. The van der Waals surface area contributed by atoms with E-state index in [9.17, 15) is 9.59 Å². The van der Waals surface area contributed by atoms with Crippen LogP contribution in [0.3, 0.4) is 0 Å². The van der Waals surface area contributed by atoms with Gasteiger partial charge in [-0.05, 0) is 94.0 Å². The van der Waals surface area contributed by atoms with E-state index in [0.717, 1.165) is 48.2 Å². The van der Waals surface area contributed by atoms with Crippen molar-refractivity contribution in [1.29, 1.82) is 0 Å². The number of carbonyl (C=O) groups is 2. The highest BCUT2D eigenvalue weighted by molar-refractivity contribution is 8.03. The Kier molecular flexibility index (Phi) is 23.9. The van der Waals surface area contributed by atoms with Crippen LogP contribution in [0.5, 0.6) is 5.75 Å². The average Bonchev–Trinajstić information content (AvgIpc) is 3.00. The lowest BCUT2D eigenvalue weighted by Gasteiger charge is -2.30. The van der Waals surface area contributed by atoms with E-state index in [1.807, 2.05) is 45.0 Å². The predicted octanol–water partition coefficient (Wildman–Crippen LogP) is 6.88. The highest BCUT2D eigenvalue weighted by Gasteiger charge is 2.23. The van der Waals surface area contributed by atoms with Crippen LogP contribution in [0.2, 0.25) is 0 Å². The first-order valence-electron chi connectivity index (χ1n) is 13.9. The summed E-state index contributed by atoms with van der Waals surface area (Å²) < 4.78 is 5.26. The monoisotopic (exact) mass is 575 g/mol. The molecule has 226 valence electrons. The molecule has 7 heteroatoms. The summed E-state index contributed by atoms with van der Waals surface area (Å²) in [6, 6.07) is 10.1. The number of hydrogen-bond donors (Lipinski definition) is 2. The molecule has 0 radical (unpaired) electrons. The quantitative estimate of drug-likeness (QED) is 0.334. The molecule has 1 aliphatic heterocycles. The van der Waals surface area contributed by atoms with Gasteiger partial charge in [0, 0.05) is 31.6 Å². The van der Waals surface area contributed by atoms with Crippen LogP contribution < -0.4 is 4.74 Å². The molecule has 2 N–H and O–H groups in total. The van der Waals surface area contributed by atoms with E-state index >= 15 is 0 Å². The van der Waals surface area contributed by atoms with Gasteiger partial charge in [-0.2, -0.15) is 0 Å². The van der Waals surface area contributed by atoms with E-state index in [1.165, 1.54) is 34.2 Å². The summed E-state index contributed by atoms with van der Waals surface area (Å²) in [5.74, 6) is 2.06. The minimum Gasteiger partial charge on any atom is -0.496 e. The summed E-state index contributed by atoms with van der Waals surface area (Å²) in [5, 5.41) is 14.6. The minimum atomic E-state index is -0.119. The molecule has 0 bridgehead atoms. The Balaban J connectivity index is 0. The fraction of sp³-hybridized carbons (Fsp3) is 0.515.